The largest absolute Gasteiger partial charge is 0.463 e. The minimum Gasteiger partial charge on any atom is -0.463 e. The smallest absolute Gasteiger partial charge is 0.309 e. The van der Waals surface area contributed by atoms with Crippen LogP contribution in [0.1, 0.15) is 48.4 Å². The number of aliphatic hydroxyl groups excluding tert-OH is 1. The molecule has 0 aliphatic carbocycles. The predicted molar refractivity (Wildman–Crippen MR) is 162 cm³/mol. The predicted octanol–water partition coefficient (Wildman–Crippen LogP) is 4.71. The molecule has 0 aromatic heterocycles. The molecule has 0 fully saturated rings. The first-order valence-electron chi connectivity index (χ1n) is 14.7. The Morgan fingerprint density at radius 2 is 1.52 bits per heavy atom. The standard InChI is InChI=1S/C35H40N2O5/c38-24-31(22-27-15-7-2-8-16-27)36-33(39)23-29-19-11-4-12-20-30(21-26-13-5-1-6-14-26)35(41)42-25-32(37-34(29)40)28-17-9-3-10-18-28/h1-11,13-18,29-32,38H,12,19-25H2,(H,36,39)(H,37,40)/t29-,30-,31+,32-/m1/s1. The summed E-state index contributed by atoms with van der Waals surface area (Å²) in [6, 6.07) is 27.9. The van der Waals surface area contributed by atoms with E-state index in [1.807, 2.05) is 103 Å². The number of aliphatic hydroxyl groups is 1. The second kappa shape index (κ2) is 16.3. The molecular weight excluding hydrogens is 528 g/mol. The lowest BCUT2D eigenvalue weighted by molar-refractivity contribution is -0.150. The van der Waals surface area contributed by atoms with Crippen LogP contribution < -0.4 is 10.6 Å². The maximum atomic E-state index is 13.6. The summed E-state index contributed by atoms with van der Waals surface area (Å²) < 4.78 is 5.81. The fourth-order valence-electron chi connectivity index (χ4n) is 5.21. The summed E-state index contributed by atoms with van der Waals surface area (Å²) >= 11 is 0. The van der Waals surface area contributed by atoms with Crippen LogP contribution in [0.4, 0.5) is 0 Å². The van der Waals surface area contributed by atoms with Crippen LogP contribution in [0.5, 0.6) is 0 Å². The highest BCUT2D eigenvalue weighted by atomic mass is 16.5. The molecule has 1 aliphatic heterocycles. The van der Waals surface area contributed by atoms with Crippen molar-refractivity contribution in [3.8, 4) is 0 Å². The van der Waals surface area contributed by atoms with Gasteiger partial charge in [0.1, 0.15) is 6.61 Å². The van der Waals surface area contributed by atoms with Gasteiger partial charge in [0.2, 0.25) is 11.8 Å². The summed E-state index contributed by atoms with van der Waals surface area (Å²) in [6.07, 6.45) is 6.58. The first-order chi connectivity index (χ1) is 20.5. The number of amides is 2. The Morgan fingerprint density at radius 1 is 0.881 bits per heavy atom. The normalized spacial score (nSPS) is 20.6. The molecule has 0 spiro atoms. The van der Waals surface area contributed by atoms with E-state index in [9.17, 15) is 19.5 Å². The number of benzene rings is 3. The molecular formula is C35H40N2O5. The Hall–Kier alpha value is -4.23. The van der Waals surface area contributed by atoms with E-state index < -0.39 is 18.0 Å². The number of hydrogen-bond donors (Lipinski definition) is 3. The third kappa shape index (κ3) is 9.70. The first-order valence-corrected chi connectivity index (χ1v) is 14.7. The lowest BCUT2D eigenvalue weighted by Crippen LogP contribution is -2.42. The maximum absolute atomic E-state index is 13.6. The Balaban J connectivity index is 1.48. The van der Waals surface area contributed by atoms with Crippen molar-refractivity contribution in [2.24, 2.45) is 11.8 Å². The van der Waals surface area contributed by atoms with Crippen LogP contribution in [-0.2, 0) is 32.0 Å². The Bertz CT molecular complexity index is 1300. The SMILES string of the molecule is O=C(C[C@H]1CC=CCC[C@H](Cc2ccccc2)C(=O)OC[C@H](c2ccccc2)NC1=O)N[C@H](CO)Cc1ccccc1. The number of esters is 1. The van der Waals surface area contributed by atoms with E-state index in [1.165, 1.54) is 0 Å². The quantitative estimate of drug-likeness (QED) is 0.256. The highest BCUT2D eigenvalue weighted by molar-refractivity contribution is 5.86. The number of hydrogen-bond acceptors (Lipinski definition) is 5. The summed E-state index contributed by atoms with van der Waals surface area (Å²) in [5.41, 5.74) is 2.89. The highest BCUT2D eigenvalue weighted by Gasteiger charge is 2.28. The molecule has 1 aliphatic rings. The Morgan fingerprint density at radius 3 is 2.19 bits per heavy atom. The summed E-state index contributed by atoms with van der Waals surface area (Å²) in [6.45, 7) is -0.209. The molecule has 7 heteroatoms. The van der Waals surface area contributed by atoms with E-state index in [4.69, 9.17) is 4.74 Å². The van der Waals surface area contributed by atoms with Crippen LogP contribution in [0.3, 0.4) is 0 Å². The maximum Gasteiger partial charge on any atom is 0.309 e. The molecule has 4 atom stereocenters. The number of rotatable bonds is 9. The van der Waals surface area contributed by atoms with Crippen molar-refractivity contribution >= 4 is 17.8 Å². The topological polar surface area (TPSA) is 105 Å². The average Bonchev–Trinajstić information content (AvgIpc) is 3.03. The van der Waals surface area contributed by atoms with E-state index in [-0.39, 0.29) is 43.3 Å². The zero-order valence-electron chi connectivity index (χ0n) is 23.9. The van der Waals surface area contributed by atoms with Crippen molar-refractivity contribution in [3.05, 3.63) is 120 Å². The molecule has 0 saturated carbocycles. The van der Waals surface area contributed by atoms with E-state index in [2.05, 4.69) is 10.6 Å². The third-order valence-electron chi connectivity index (χ3n) is 7.55. The molecule has 0 saturated heterocycles. The molecule has 3 N–H and O–H groups in total. The second-order valence-corrected chi connectivity index (χ2v) is 10.8. The number of allylic oxidation sites excluding steroid dienone is 2. The molecule has 3 aromatic carbocycles. The van der Waals surface area contributed by atoms with Gasteiger partial charge in [-0.25, -0.2) is 0 Å². The molecule has 0 bridgehead atoms. The molecule has 1 heterocycles. The fraction of sp³-hybridized carbons (Fsp3) is 0.343. The summed E-state index contributed by atoms with van der Waals surface area (Å²) in [5.74, 6) is -1.81. The highest BCUT2D eigenvalue weighted by Crippen LogP contribution is 2.22. The van der Waals surface area contributed by atoms with Gasteiger partial charge in [-0.1, -0.05) is 103 Å². The lowest BCUT2D eigenvalue weighted by atomic mass is 9.94. The minimum atomic E-state index is -0.625. The van der Waals surface area contributed by atoms with Gasteiger partial charge in [-0.3, -0.25) is 14.4 Å². The molecule has 0 radical (unpaired) electrons. The lowest BCUT2D eigenvalue weighted by Gasteiger charge is -2.24. The molecule has 220 valence electrons. The molecule has 42 heavy (non-hydrogen) atoms. The number of carbonyl (C=O) groups excluding carboxylic acids is 3. The van der Waals surface area contributed by atoms with Crippen molar-refractivity contribution in [1.82, 2.24) is 10.6 Å². The van der Waals surface area contributed by atoms with Gasteiger partial charge in [-0.2, -0.15) is 0 Å². The van der Waals surface area contributed by atoms with Gasteiger partial charge in [-0.05, 0) is 48.8 Å². The Kier molecular flexibility index (Phi) is 11.9. The van der Waals surface area contributed by atoms with Gasteiger partial charge in [-0.15, -0.1) is 0 Å². The zero-order valence-corrected chi connectivity index (χ0v) is 23.9. The first kappa shape index (κ1) is 30.7. The summed E-state index contributed by atoms with van der Waals surface area (Å²) in [5, 5.41) is 15.8. The van der Waals surface area contributed by atoms with Crippen molar-refractivity contribution in [1.29, 1.82) is 0 Å². The van der Waals surface area contributed by atoms with Crippen molar-refractivity contribution in [3.63, 3.8) is 0 Å². The summed E-state index contributed by atoms with van der Waals surface area (Å²) in [4.78, 5) is 39.8. The number of nitrogens with one attached hydrogen (secondary N) is 2. The minimum absolute atomic E-state index is 0.00408. The van der Waals surface area contributed by atoms with Gasteiger partial charge in [0.15, 0.2) is 0 Å². The van der Waals surface area contributed by atoms with Crippen molar-refractivity contribution in [2.75, 3.05) is 13.2 Å². The van der Waals surface area contributed by atoms with Crippen LogP contribution in [0.25, 0.3) is 0 Å². The Labute approximate surface area is 248 Å². The number of ether oxygens (including phenoxy) is 1. The molecule has 7 nitrogen and oxygen atoms in total. The van der Waals surface area contributed by atoms with Gasteiger partial charge in [0, 0.05) is 6.42 Å². The molecule has 4 rings (SSSR count). The molecule has 2 amide bonds. The van der Waals surface area contributed by atoms with Gasteiger partial charge >= 0.3 is 5.97 Å². The molecule has 0 unspecified atom stereocenters. The monoisotopic (exact) mass is 568 g/mol. The van der Waals surface area contributed by atoms with E-state index in [0.717, 1.165) is 16.7 Å². The van der Waals surface area contributed by atoms with Gasteiger partial charge in [0.25, 0.3) is 0 Å². The number of carbonyl (C=O) groups is 3. The van der Waals surface area contributed by atoms with E-state index in [0.29, 0.717) is 32.1 Å². The third-order valence-corrected chi connectivity index (χ3v) is 7.55. The van der Waals surface area contributed by atoms with Crippen LogP contribution in [0, 0.1) is 11.8 Å². The number of cyclic esters (lactones) is 1. The van der Waals surface area contributed by atoms with Crippen LogP contribution in [0.15, 0.2) is 103 Å². The van der Waals surface area contributed by atoms with E-state index in [1.54, 1.807) is 0 Å². The van der Waals surface area contributed by atoms with Crippen LogP contribution in [-0.4, -0.2) is 42.1 Å². The van der Waals surface area contributed by atoms with Crippen LogP contribution in [0.2, 0.25) is 0 Å². The zero-order chi connectivity index (χ0) is 29.6. The van der Waals surface area contributed by atoms with Gasteiger partial charge < -0.3 is 20.5 Å². The second-order valence-electron chi connectivity index (χ2n) is 10.8. The van der Waals surface area contributed by atoms with E-state index >= 15 is 0 Å². The molecule has 3 aromatic rings. The van der Waals surface area contributed by atoms with Crippen molar-refractivity contribution < 1.29 is 24.2 Å². The van der Waals surface area contributed by atoms with Crippen molar-refractivity contribution in [2.45, 2.75) is 50.6 Å². The van der Waals surface area contributed by atoms with Gasteiger partial charge in [0.05, 0.1) is 30.5 Å². The summed E-state index contributed by atoms with van der Waals surface area (Å²) in [7, 11) is 0. The average molecular weight is 569 g/mol. The van der Waals surface area contributed by atoms with Crippen LogP contribution >= 0.6 is 0 Å². The fourth-order valence-corrected chi connectivity index (χ4v) is 5.21.